The fourth-order valence-electron chi connectivity index (χ4n) is 2.02. The van der Waals surface area contributed by atoms with Gasteiger partial charge >= 0.3 is 5.97 Å². The molecule has 20 heavy (non-hydrogen) atoms. The van der Waals surface area contributed by atoms with Gasteiger partial charge in [0.25, 0.3) is 0 Å². The number of para-hydroxylation sites is 1. The summed E-state index contributed by atoms with van der Waals surface area (Å²) in [6, 6.07) is 15.1. The van der Waals surface area contributed by atoms with E-state index in [0.717, 1.165) is 11.1 Å². The van der Waals surface area contributed by atoms with Crippen LogP contribution in [-0.2, 0) is 5.41 Å². The van der Waals surface area contributed by atoms with Crippen LogP contribution in [0.1, 0.15) is 42.3 Å². The van der Waals surface area contributed by atoms with Gasteiger partial charge in [0.1, 0.15) is 5.75 Å². The molecule has 0 aromatic heterocycles. The highest BCUT2D eigenvalue weighted by molar-refractivity contribution is 5.91. The topological polar surface area (TPSA) is 26.3 Å². The van der Waals surface area contributed by atoms with Crippen LogP contribution in [-0.4, -0.2) is 5.97 Å². The van der Waals surface area contributed by atoms with Crippen LogP contribution < -0.4 is 4.74 Å². The standard InChI is InChI=1S/C18H20O2/c1-13-9-11-14(12-10-13)17(19)20-16-8-6-5-7-15(16)18(2,3)4/h5-12H,1-4H3. The summed E-state index contributed by atoms with van der Waals surface area (Å²) in [6.07, 6.45) is 0. The number of carbonyl (C=O) groups excluding carboxylic acids is 1. The quantitative estimate of drug-likeness (QED) is 0.591. The Labute approximate surface area is 120 Å². The van der Waals surface area contributed by atoms with Gasteiger partial charge in [-0.05, 0) is 30.5 Å². The third-order valence-electron chi connectivity index (χ3n) is 3.18. The average Bonchev–Trinajstić information content (AvgIpc) is 2.38. The largest absolute Gasteiger partial charge is 0.423 e. The van der Waals surface area contributed by atoms with Gasteiger partial charge in [0, 0.05) is 5.56 Å². The molecule has 2 heteroatoms. The molecule has 0 saturated heterocycles. The minimum Gasteiger partial charge on any atom is -0.423 e. The summed E-state index contributed by atoms with van der Waals surface area (Å²) >= 11 is 0. The Morgan fingerprint density at radius 3 is 2.15 bits per heavy atom. The van der Waals surface area contributed by atoms with E-state index >= 15 is 0 Å². The van der Waals surface area contributed by atoms with Gasteiger partial charge in [-0.1, -0.05) is 56.7 Å². The van der Waals surface area contributed by atoms with E-state index in [1.165, 1.54) is 0 Å². The van der Waals surface area contributed by atoms with Crippen molar-refractivity contribution < 1.29 is 9.53 Å². The molecular formula is C18H20O2. The Morgan fingerprint density at radius 1 is 0.950 bits per heavy atom. The molecule has 0 aliphatic rings. The summed E-state index contributed by atoms with van der Waals surface area (Å²) in [5, 5.41) is 0. The Kier molecular flexibility index (Phi) is 3.93. The zero-order valence-corrected chi connectivity index (χ0v) is 12.4. The molecule has 0 amide bonds. The van der Waals surface area contributed by atoms with E-state index in [0.29, 0.717) is 11.3 Å². The van der Waals surface area contributed by atoms with Crippen molar-refractivity contribution in [2.75, 3.05) is 0 Å². The Morgan fingerprint density at radius 2 is 1.55 bits per heavy atom. The van der Waals surface area contributed by atoms with Crippen molar-refractivity contribution in [2.24, 2.45) is 0 Å². The van der Waals surface area contributed by atoms with Crippen LogP contribution in [0.15, 0.2) is 48.5 Å². The number of rotatable bonds is 2. The molecule has 0 spiro atoms. The number of ether oxygens (including phenoxy) is 1. The van der Waals surface area contributed by atoms with Gasteiger partial charge < -0.3 is 4.74 Å². The van der Waals surface area contributed by atoms with Crippen molar-refractivity contribution in [3.8, 4) is 5.75 Å². The SMILES string of the molecule is Cc1ccc(C(=O)Oc2ccccc2C(C)(C)C)cc1. The highest BCUT2D eigenvalue weighted by Crippen LogP contribution is 2.31. The molecule has 2 rings (SSSR count). The maximum absolute atomic E-state index is 12.2. The smallest absolute Gasteiger partial charge is 0.343 e. The van der Waals surface area contributed by atoms with Crippen LogP contribution in [0.4, 0.5) is 0 Å². The first-order chi connectivity index (χ1) is 9.38. The number of hydrogen-bond donors (Lipinski definition) is 0. The van der Waals surface area contributed by atoms with E-state index in [1.54, 1.807) is 12.1 Å². The molecule has 0 bridgehead atoms. The summed E-state index contributed by atoms with van der Waals surface area (Å²) in [7, 11) is 0. The summed E-state index contributed by atoms with van der Waals surface area (Å²) in [6.45, 7) is 8.30. The fourth-order valence-corrected chi connectivity index (χ4v) is 2.02. The molecule has 2 aromatic rings. The van der Waals surface area contributed by atoms with E-state index < -0.39 is 0 Å². The van der Waals surface area contributed by atoms with Crippen molar-refractivity contribution in [2.45, 2.75) is 33.1 Å². The summed E-state index contributed by atoms with van der Waals surface area (Å²) in [5.41, 5.74) is 2.65. The van der Waals surface area contributed by atoms with Gasteiger partial charge in [-0.25, -0.2) is 4.79 Å². The predicted molar refractivity (Wildman–Crippen MR) is 81.3 cm³/mol. The van der Waals surface area contributed by atoms with Crippen LogP contribution in [0.2, 0.25) is 0 Å². The van der Waals surface area contributed by atoms with Gasteiger partial charge in [0.2, 0.25) is 0 Å². The Balaban J connectivity index is 2.26. The zero-order chi connectivity index (χ0) is 14.8. The van der Waals surface area contributed by atoms with Crippen molar-refractivity contribution in [3.05, 3.63) is 65.2 Å². The molecule has 0 aliphatic carbocycles. The molecule has 2 nitrogen and oxygen atoms in total. The minimum absolute atomic E-state index is 0.0653. The lowest BCUT2D eigenvalue weighted by Crippen LogP contribution is -2.16. The second kappa shape index (κ2) is 5.49. The van der Waals surface area contributed by atoms with Crippen molar-refractivity contribution in [1.82, 2.24) is 0 Å². The Hall–Kier alpha value is -2.09. The molecule has 0 fully saturated rings. The molecule has 0 N–H and O–H groups in total. The minimum atomic E-state index is -0.318. The molecular weight excluding hydrogens is 248 g/mol. The van der Waals surface area contributed by atoms with E-state index in [-0.39, 0.29) is 11.4 Å². The average molecular weight is 268 g/mol. The number of benzene rings is 2. The van der Waals surface area contributed by atoms with Crippen LogP contribution in [0.25, 0.3) is 0 Å². The van der Waals surface area contributed by atoms with Gasteiger partial charge in [0.15, 0.2) is 0 Å². The van der Waals surface area contributed by atoms with E-state index in [1.807, 2.05) is 43.3 Å². The molecule has 0 saturated carbocycles. The van der Waals surface area contributed by atoms with Gasteiger partial charge in [-0.2, -0.15) is 0 Å². The van der Waals surface area contributed by atoms with Crippen LogP contribution in [0, 0.1) is 6.92 Å². The highest BCUT2D eigenvalue weighted by Gasteiger charge is 2.20. The first kappa shape index (κ1) is 14.3. The van der Waals surface area contributed by atoms with Gasteiger partial charge in [0.05, 0.1) is 5.56 Å². The normalized spacial score (nSPS) is 11.2. The first-order valence-electron chi connectivity index (χ1n) is 6.76. The lowest BCUT2D eigenvalue weighted by molar-refractivity contribution is 0.0732. The monoisotopic (exact) mass is 268 g/mol. The fraction of sp³-hybridized carbons (Fsp3) is 0.278. The third kappa shape index (κ3) is 3.27. The number of carbonyl (C=O) groups is 1. The van der Waals surface area contributed by atoms with Crippen LogP contribution in [0.3, 0.4) is 0 Å². The maximum atomic E-state index is 12.2. The van der Waals surface area contributed by atoms with E-state index in [9.17, 15) is 4.79 Å². The van der Waals surface area contributed by atoms with E-state index in [4.69, 9.17) is 4.74 Å². The molecule has 104 valence electrons. The number of aryl methyl sites for hydroxylation is 1. The third-order valence-corrected chi connectivity index (χ3v) is 3.18. The van der Waals surface area contributed by atoms with Crippen LogP contribution in [0.5, 0.6) is 5.75 Å². The second-order valence-electron chi connectivity index (χ2n) is 6.00. The summed E-state index contributed by atoms with van der Waals surface area (Å²) in [4.78, 5) is 12.2. The Bertz CT molecular complexity index is 604. The van der Waals surface area contributed by atoms with Gasteiger partial charge in [-0.3, -0.25) is 0 Å². The lowest BCUT2D eigenvalue weighted by atomic mass is 9.86. The molecule has 0 unspecified atom stereocenters. The summed E-state index contributed by atoms with van der Waals surface area (Å²) in [5.74, 6) is 0.312. The van der Waals surface area contributed by atoms with Crippen molar-refractivity contribution >= 4 is 5.97 Å². The van der Waals surface area contributed by atoms with Crippen LogP contribution >= 0.6 is 0 Å². The van der Waals surface area contributed by atoms with Crippen molar-refractivity contribution in [3.63, 3.8) is 0 Å². The van der Waals surface area contributed by atoms with Crippen molar-refractivity contribution in [1.29, 1.82) is 0 Å². The number of hydrogen-bond acceptors (Lipinski definition) is 2. The number of esters is 1. The molecule has 0 atom stereocenters. The molecule has 2 aromatic carbocycles. The van der Waals surface area contributed by atoms with E-state index in [2.05, 4.69) is 20.8 Å². The lowest BCUT2D eigenvalue weighted by Gasteiger charge is -2.22. The second-order valence-corrected chi connectivity index (χ2v) is 6.00. The maximum Gasteiger partial charge on any atom is 0.343 e. The predicted octanol–water partition coefficient (Wildman–Crippen LogP) is 4.51. The zero-order valence-electron chi connectivity index (χ0n) is 12.4. The summed E-state index contributed by atoms with van der Waals surface area (Å²) < 4.78 is 5.56. The molecule has 0 aliphatic heterocycles. The first-order valence-corrected chi connectivity index (χ1v) is 6.76. The molecule has 0 radical (unpaired) electrons. The highest BCUT2D eigenvalue weighted by atomic mass is 16.5. The molecule has 0 heterocycles. The van der Waals surface area contributed by atoms with Gasteiger partial charge in [-0.15, -0.1) is 0 Å².